The van der Waals surface area contributed by atoms with E-state index in [2.05, 4.69) is 32.3 Å². The lowest BCUT2D eigenvalue weighted by atomic mass is 10.1. The van der Waals surface area contributed by atoms with Crippen molar-refractivity contribution in [2.75, 3.05) is 36.5 Å². The van der Waals surface area contributed by atoms with E-state index >= 15 is 0 Å². The largest absolute Gasteiger partial charge is 0.478 e. The van der Waals surface area contributed by atoms with Gasteiger partial charge in [-0.15, -0.1) is 0 Å². The molecule has 29 heavy (non-hydrogen) atoms. The van der Waals surface area contributed by atoms with Crippen LogP contribution in [0.5, 0.6) is 0 Å². The summed E-state index contributed by atoms with van der Waals surface area (Å²) in [7, 11) is 0. The van der Waals surface area contributed by atoms with Gasteiger partial charge in [0.25, 0.3) is 0 Å². The van der Waals surface area contributed by atoms with E-state index in [9.17, 15) is 4.79 Å². The van der Waals surface area contributed by atoms with Crippen molar-refractivity contribution in [3.8, 4) is 0 Å². The van der Waals surface area contributed by atoms with Gasteiger partial charge in [-0.3, -0.25) is 0 Å². The lowest BCUT2D eigenvalue weighted by Crippen LogP contribution is -2.36. The Morgan fingerprint density at radius 1 is 1.03 bits per heavy atom. The number of carbonyl (C=O) groups is 1. The molecule has 0 amide bonds. The van der Waals surface area contributed by atoms with E-state index in [1.807, 2.05) is 30.3 Å². The van der Waals surface area contributed by atoms with Gasteiger partial charge >= 0.3 is 5.97 Å². The second kappa shape index (κ2) is 8.70. The summed E-state index contributed by atoms with van der Waals surface area (Å²) in [6.45, 7) is 3.34. The highest BCUT2D eigenvalue weighted by atomic mass is 16.5. The average Bonchev–Trinajstić information content (AvgIpc) is 2.76. The first-order valence-electron chi connectivity index (χ1n) is 9.51. The lowest BCUT2D eigenvalue weighted by Gasteiger charge is -2.28. The van der Waals surface area contributed by atoms with Gasteiger partial charge in [-0.2, -0.15) is 0 Å². The van der Waals surface area contributed by atoms with Gasteiger partial charge in [0.1, 0.15) is 0 Å². The Bertz CT molecular complexity index is 968. The fraction of sp³-hybridized carbons (Fsp3) is 0.227. The number of nitrogens with zero attached hydrogens (tertiary/aromatic N) is 3. The van der Waals surface area contributed by atoms with Gasteiger partial charge in [0, 0.05) is 37.1 Å². The summed E-state index contributed by atoms with van der Waals surface area (Å²) in [6, 6.07) is 16.9. The highest BCUT2D eigenvalue weighted by Gasteiger charge is 2.11. The molecule has 1 fully saturated rings. The standard InChI is InChI=1S/C22H22N4O3/c27-21(28)17-3-1-16(2-4-17)15-19-9-10-23-22(25-19)24-18-5-7-20(8-6-18)26-11-13-29-14-12-26/h1-10H,11-15H2,(H,27,28)(H,23,24,25). The molecular weight excluding hydrogens is 368 g/mol. The highest BCUT2D eigenvalue weighted by Crippen LogP contribution is 2.21. The molecule has 1 aromatic heterocycles. The van der Waals surface area contributed by atoms with Crippen LogP contribution in [0.4, 0.5) is 17.3 Å². The summed E-state index contributed by atoms with van der Waals surface area (Å²) in [5.74, 6) is -0.395. The number of aromatic nitrogens is 2. The van der Waals surface area contributed by atoms with Crippen LogP contribution in [-0.4, -0.2) is 47.3 Å². The molecule has 4 rings (SSSR count). The monoisotopic (exact) mass is 390 g/mol. The number of benzene rings is 2. The first kappa shape index (κ1) is 18.9. The van der Waals surface area contributed by atoms with E-state index in [1.165, 1.54) is 5.69 Å². The fourth-order valence-electron chi connectivity index (χ4n) is 3.24. The van der Waals surface area contributed by atoms with Gasteiger partial charge in [0.2, 0.25) is 5.95 Å². The third kappa shape index (κ3) is 4.89. The molecule has 0 saturated carbocycles. The quantitative estimate of drug-likeness (QED) is 0.667. The van der Waals surface area contributed by atoms with Crippen molar-refractivity contribution in [2.45, 2.75) is 6.42 Å². The fourth-order valence-corrected chi connectivity index (χ4v) is 3.24. The zero-order valence-corrected chi connectivity index (χ0v) is 15.9. The molecule has 2 N–H and O–H groups in total. The van der Waals surface area contributed by atoms with Gasteiger partial charge in [-0.05, 0) is 48.0 Å². The number of carboxylic acids is 1. The van der Waals surface area contributed by atoms with Gasteiger partial charge in [-0.1, -0.05) is 12.1 Å². The van der Waals surface area contributed by atoms with Crippen molar-refractivity contribution in [1.29, 1.82) is 0 Å². The van der Waals surface area contributed by atoms with E-state index in [0.29, 0.717) is 12.4 Å². The Morgan fingerprint density at radius 2 is 1.76 bits per heavy atom. The molecule has 2 aromatic carbocycles. The molecule has 1 saturated heterocycles. The van der Waals surface area contributed by atoms with E-state index in [-0.39, 0.29) is 5.56 Å². The highest BCUT2D eigenvalue weighted by molar-refractivity contribution is 5.87. The molecule has 0 aliphatic carbocycles. The molecule has 2 heterocycles. The summed E-state index contributed by atoms with van der Waals surface area (Å²) >= 11 is 0. The molecular formula is C22H22N4O3. The summed E-state index contributed by atoms with van der Waals surface area (Å²) < 4.78 is 5.40. The van der Waals surface area contributed by atoms with Crippen molar-refractivity contribution in [3.05, 3.63) is 77.6 Å². The van der Waals surface area contributed by atoms with Crippen LogP contribution in [0.1, 0.15) is 21.6 Å². The van der Waals surface area contributed by atoms with E-state index < -0.39 is 5.97 Å². The predicted molar refractivity (Wildman–Crippen MR) is 111 cm³/mol. The number of anilines is 3. The minimum Gasteiger partial charge on any atom is -0.478 e. The Hall–Kier alpha value is -3.45. The molecule has 1 aliphatic rings. The molecule has 0 radical (unpaired) electrons. The maximum atomic E-state index is 11.0. The lowest BCUT2D eigenvalue weighted by molar-refractivity contribution is 0.0697. The molecule has 0 bridgehead atoms. The Balaban J connectivity index is 1.41. The molecule has 3 aromatic rings. The van der Waals surface area contributed by atoms with Gasteiger partial charge in [0.15, 0.2) is 0 Å². The minimum atomic E-state index is -0.926. The predicted octanol–water partition coefficient (Wildman–Crippen LogP) is 3.35. The third-order valence-electron chi connectivity index (χ3n) is 4.80. The van der Waals surface area contributed by atoms with Crippen LogP contribution in [-0.2, 0) is 11.2 Å². The third-order valence-corrected chi connectivity index (χ3v) is 4.80. The molecule has 7 nitrogen and oxygen atoms in total. The topological polar surface area (TPSA) is 87.6 Å². The number of ether oxygens (including phenoxy) is 1. The summed E-state index contributed by atoms with van der Waals surface area (Å²) in [5, 5.41) is 12.2. The maximum Gasteiger partial charge on any atom is 0.335 e. The smallest absolute Gasteiger partial charge is 0.335 e. The number of aromatic carboxylic acids is 1. The Morgan fingerprint density at radius 3 is 2.45 bits per heavy atom. The van der Waals surface area contributed by atoms with Gasteiger partial charge in [0.05, 0.1) is 24.5 Å². The molecule has 7 heteroatoms. The number of hydrogen-bond acceptors (Lipinski definition) is 6. The average molecular weight is 390 g/mol. The van der Waals surface area contributed by atoms with Crippen molar-refractivity contribution in [1.82, 2.24) is 9.97 Å². The van der Waals surface area contributed by atoms with Crippen LogP contribution in [0.2, 0.25) is 0 Å². The zero-order chi connectivity index (χ0) is 20.1. The van der Waals surface area contributed by atoms with Crippen molar-refractivity contribution < 1.29 is 14.6 Å². The molecule has 0 unspecified atom stereocenters. The number of hydrogen-bond donors (Lipinski definition) is 2. The number of rotatable bonds is 6. The molecule has 0 spiro atoms. The Kier molecular flexibility index (Phi) is 5.67. The van der Waals surface area contributed by atoms with Crippen LogP contribution in [0, 0.1) is 0 Å². The normalized spacial score (nSPS) is 13.9. The van der Waals surface area contributed by atoms with Crippen LogP contribution in [0.15, 0.2) is 60.8 Å². The van der Waals surface area contributed by atoms with Gasteiger partial charge in [-0.25, -0.2) is 14.8 Å². The van der Waals surface area contributed by atoms with Crippen molar-refractivity contribution >= 4 is 23.3 Å². The van der Waals surface area contributed by atoms with Crippen LogP contribution >= 0.6 is 0 Å². The Labute approximate surface area is 169 Å². The van der Waals surface area contributed by atoms with E-state index in [0.717, 1.165) is 43.2 Å². The zero-order valence-electron chi connectivity index (χ0n) is 15.9. The molecule has 1 aliphatic heterocycles. The maximum absolute atomic E-state index is 11.0. The number of carboxylic acid groups (broad SMARTS) is 1. The van der Waals surface area contributed by atoms with E-state index in [4.69, 9.17) is 9.84 Å². The van der Waals surface area contributed by atoms with Crippen LogP contribution < -0.4 is 10.2 Å². The first-order valence-corrected chi connectivity index (χ1v) is 9.51. The molecule has 148 valence electrons. The SMILES string of the molecule is O=C(O)c1ccc(Cc2ccnc(Nc3ccc(N4CCOCC4)cc3)n2)cc1. The second-order valence-corrected chi connectivity index (χ2v) is 6.82. The number of morpholine rings is 1. The van der Waals surface area contributed by atoms with Crippen LogP contribution in [0.25, 0.3) is 0 Å². The minimum absolute atomic E-state index is 0.277. The van der Waals surface area contributed by atoms with Crippen molar-refractivity contribution in [3.63, 3.8) is 0 Å². The van der Waals surface area contributed by atoms with Gasteiger partial charge < -0.3 is 20.1 Å². The summed E-state index contributed by atoms with van der Waals surface area (Å²) in [5.41, 5.74) is 4.23. The summed E-state index contributed by atoms with van der Waals surface area (Å²) in [4.78, 5) is 22.1. The van der Waals surface area contributed by atoms with Crippen molar-refractivity contribution in [2.24, 2.45) is 0 Å². The first-order chi connectivity index (χ1) is 14.2. The second-order valence-electron chi connectivity index (χ2n) is 6.82. The summed E-state index contributed by atoms with van der Waals surface area (Å²) in [6.07, 6.45) is 2.32. The number of nitrogens with one attached hydrogen (secondary N) is 1. The van der Waals surface area contributed by atoms with E-state index in [1.54, 1.807) is 18.3 Å². The van der Waals surface area contributed by atoms with Crippen LogP contribution in [0.3, 0.4) is 0 Å². The molecule has 0 atom stereocenters.